The topological polar surface area (TPSA) is 57.6 Å². The standard InChI is InChI=1S/C19H19NO3/c1-2-20-12-16(13-8-4-3-5-9-13)18(21)17(20)14-10-6-7-11-15(14)19(22)23/h3-11,16-17H,2,12H2,1H3,(H,22,23). The average Bonchev–Trinajstić information content (AvgIpc) is 2.92. The fourth-order valence-electron chi connectivity index (χ4n) is 3.35. The third-order valence-electron chi connectivity index (χ3n) is 4.49. The van der Waals surface area contributed by atoms with E-state index in [9.17, 15) is 14.7 Å². The quantitative estimate of drug-likeness (QED) is 0.943. The monoisotopic (exact) mass is 309 g/mol. The lowest BCUT2D eigenvalue weighted by Crippen LogP contribution is -2.26. The first kappa shape index (κ1) is 15.4. The summed E-state index contributed by atoms with van der Waals surface area (Å²) in [5.41, 5.74) is 1.79. The molecule has 4 nitrogen and oxygen atoms in total. The number of hydrogen-bond acceptors (Lipinski definition) is 3. The van der Waals surface area contributed by atoms with Gasteiger partial charge in [-0.05, 0) is 23.7 Å². The van der Waals surface area contributed by atoms with E-state index < -0.39 is 12.0 Å². The normalized spacial score (nSPS) is 21.5. The number of likely N-dealkylation sites (tertiary alicyclic amines) is 1. The molecule has 0 bridgehead atoms. The van der Waals surface area contributed by atoms with Crippen molar-refractivity contribution in [3.8, 4) is 0 Å². The molecule has 1 fully saturated rings. The lowest BCUT2D eigenvalue weighted by Gasteiger charge is -2.22. The van der Waals surface area contributed by atoms with Crippen LogP contribution in [0, 0.1) is 0 Å². The van der Waals surface area contributed by atoms with E-state index in [-0.39, 0.29) is 17.3 Å². The number of carboxylic acid groups (broad SMARTS) is 1. The lowest BCUT2D eigenvalue weighted by molar-refractivity contribution is -0.121. The number of carbonyl (C=O) groups excluding carboxylic acids is 1. The number of carbonyl (C=O) groups is 2. The lowest BCUT2D eigenvalue weighted by atomic mass is 9.91. The molecule has 3 rings (SSSR count). The Morgan fingerprint density at radius 2 is 1.78 bits per heavy atom. The van der Waals surface area contributed by atoms with E-state index in [0.29, 0.717) is 18.7 Å². The summed E-state index contributed by atoms with van der Waals surface area (Å²) in [6.45, 7) is 3.32. The van der Waals surface area contributed by atoms with Gasteiger partial charge in [0.25, 0.3) is 0 Å². The van der Waals surface area contributed by atoms with Gasteiger partial charge in [-0.2, -0.15) is 0 Å². The highest BCUT2D eigenvalue weighted by molar-refractivity contribution is 5.97. The summed E-state index contributed by atoms with van der Waals surface area (Å²) < 4.78 is 0. The molecule has 118 valence electrons. The van der Waals surface area contributed by atoms with Crippen LogP contribution in [0.2, 0.25) is 0 Å². The fraction of sp³-hybridized carbons (Fsp3) is 0.263. The van der Waals surface area contributed by atoms with E-state index >= 15 is 0 Å². The molecule has 23 heavy (non-hydrogen) atoms. The number of Topliss-reactive ketones (excluding diaryl/α,β-unsaturated/α-hetero) is 1. The van der Waals surface area contributed by atoms with Gasteiger partial charge in [0.15, 0.2) is 5.78 Å². The highest BCUT2D eigenvalue weighted by Crippen LogP contribution is 2.38. The van der Waals surface area contributed by atoms with Gasteiger partial charge in [0, 0.05) is 6.54 Å². The van der Waals surface area contributed by atoms with Crippen molar-refractivity contribution in [1.29, 1.82) is 0 Å². The number of aromatic carboxylic acids is 1. The first-order chi connectivity index (χ1) is 11.1. The van der Waals surface area contributed by atoms with Crippen molar-refractivity contribution >= 4 is 11.8 Å². The van der Waals surface area contributed by atoms with Gasteiger partial charge in [0.05, 0.1) is 17.5 Å². The van der Waals surface area contributed by atoms with Crippen LogP contribution in [0.5, 0.6) is 0 Å². The minimum absolute atomic E-state index is 0.0757. The van der Waals surface area contributed by atoms with Crippen LogP contribution < -0.4 is 0 Å². The molecule has 0 spiro atoms. The number of likely N-dealkylation sites (N-methyl/N-ethyl adjacent to an activating group) is 1. The minimum atomic E-state index is -0.993. The zero-order valence-electron chi connectivity index (χ0n) is 13.0. The second-order valence-corrected chi connectivity index (χ2v) is 5.75. The average molecular weight is 309 g/mol. The van der Waals surface area contributed by atoms with Crippen LogP contribution >= 0.6 is 0 Å². The van der Waals surface area contributed by atoms with Gasteiger partial charge < -0.3 is 5.11 Å². The van der Waals surface area contributed by atoms with Gasteiger partial charge in [-0.3, -0.25) is 9.69 Å². The molecule has 1 heterocycles. The molecule has 0 amide bonds. The van der Waals surface area contributed by atoms with Crippen LogP contribution in [0.1, 0.15) is 40.4 Å². The summed E-state index contributed by atoms with van der Waals surface area (Å²) in [4.78, 5) is 26.6. The van der Waals surface area contributed by atoms with Crippen molar-refractivity contribution in [1.82, 2.24) is 4.90 Å². The molecule has 0 aliphatic carbocycles. The van der Waals surface area contributed by atoms with Crippen molar-refractivity contribution in [3.05, 3.63) is 71.3 Å². The number of rotatable bonds is 4. The Bertz CT molecular complexity index is 726. The molecule has 0 aromatic heterocycles. The molecule has 1 aliphatic heterocycles. The van der Waals surface area contributed by atoms with Crippen molar-refractivity contribution in [2.24, 2.45) is 0 Å². The molecular weight excluding hydrogens is 290 g/mol. The SMILES string of the molecule is CCN1CC(c2ccccc2)C(=O)C1c1ccccc1C(=O)O. The Kier molecular flexibility index (Phi) is 4.26. The highest BCUT2D eigenvalue weighted by Gasteiger charge is 2.42. The van der Waals surface area contributed by atoms with Crippen LogP contribution in [0.3, 0.4) is 0 Å². The van der Waals surface area contributed by atoms with Gasteiger partial charge >= 0.3 is 5.97 Å². The molecule has 2 unspecified atom stereocenters. The zero-order valence-corrected chi connectivity index (χ0v) is 13.0. The van der Waals surface area contributed by atoms with Crippen LogP contribution in [-0.2, 0) is 4.79 Å². The number of hydrogen-bond donors (Lipinski definition) is 1. The Hall–Kier alpha value is -2.46. The van der Waals surface area contributed by atoms with Crippen molar-refractivity contribution in [2.75, 3.05) is 13.1 Å². The van der Waals surface area contributed by atoms with Crippen molar-refractivity contribution in [3.63, 3.8) is 0 Å². The molecule has 1 saturated heterocycles. The maximum Gasteiger partial charge on any atom is 0.336 e. The van der Waals surface area contributed by atoms with Crippen LogP contribution in [0.25, 0.3) is 0 Å². The first-order valence-corrected chi connectivity index (χ1v) is 7.78. The Morgan fingerprint density at radius 3 is 2.43 bits per heavy atom. The van der Waals surface area contributed by atoms with Gasteiger partial charge in [0.2, 0.25) is 0 Å². The van der Waals surface area contributed by atoms with E-state index in [1.54, 1.807) is 24.3 Å². The third-order valence-corrected chi connectivity index (χ3v) is 4.49. The first-order valence-electron chi connectivity index (χ1n) is 7.78. The second kappa shape index (κ2) is 6.34. The van der Waals surface area contributed by atoms with Crippen LogP contribution in [0.15, 0.2) is 54.6 Å². The van der Waals surface area contributed by atoms with E-state index in [1.807, 2.05) is 37.3 Å². The maximum atomic E-state index is 13.0. The number of ketones is 1. The summed E-state index contributed by atoms with van der Waals surface area (Å²) in [5, 5.41) is 9.42. The van der Waals surface area contributed by atoms with Gasteiger partial charge in [0.1, 0.15) is 0 Å². The minimum Gasteiger partial charge on any atom is -0.478 e. The summed E-state index contributed by atoms with van der Waals surface area (Å²) in [6.07, 6.45) is 0. The van der Waals surface area contributed by atoms with E-state index in [0.717, 1.165) is 5.56 Å². The predicted molar refractivity (Wildman–Crippen MR) is 87.6 cm³/mol. The van der Waals surface area contributed by atoms with Gasteiger partial charge in [-0.15, -0.1) is 0 Å². The molecule has 0 radical (unpaired) electrons. The van der Waals surface area contributed by atoms with E-state index in [2.05, 4.69) is 4.90 Å². The van der Waals surface area contributed by atoms with Crippen LogP contribution in [0.4, 0.5) is 0 Å². The zero-order chi connectivity index (χ0) is 16.4. The fourth-order valence-corrected chi connectivity index (χ4v) is 3.35. The Labute approximate surface area is 135 Å². The Balaban J connectivity index is 2.02. The molecule has 1 N–H and O–H groups in total. The summed E-state index contributed by atoms with van der Waals surface area (Å²) in [7, 11) is 0. The molecule has 2 aromatic carbocycles. The largest absolute Gasteiger partial charge is 0.478 e. The number of carboxylic acids is 1. The van der Waals surface area contributed by atoms with Crippen molar-refractivity contribution in [2.45, 2.75) is 18.9 Å². The van der Waals surface area contributed by atoms with E-state index in [1.165, 1.54) is 0 Å². The predicted octanol–water partition coefficient (Wildman–Crippen LogP) is 3.11. The summed E-state index contributed by atoms with van der Waals surface area (Å²) in [5.74, 6) is -1.12. The molecule has 0 saturated carbocycles. The highest BCUT2D eigenvalue weighted by atomic mass is 16.4. The number of benzene rings is 2. The summed E-state index contributed by atoms with van der Waals surface area (Å²) >= 11 is 0. The second-order valence-electron chi connectivity index (χ2n) is 5.75. The van der Waals surface area contributed by atoms with Gasteiger partial charge in [-0.1, -0.05) is 55.5 Å². The Morgan fingerprint density at radius 1 is 1.13 bits per heavy atom. The molecular formula is C19H19NO3. The molecule has 2 aromatic rings. The summed E-state index contributed by atoms with van der Waals surface area (Å²) in [6, 6.07) is 16.0. The molecule has 4 heteroatoms. The maximum absolute atomic E-state index is 13.0. The van der Waals surface area contributed by atoms with Crippen LogP contribution in [-0.4, -0.2) is 34.8 Å². The van der Waals surface area contributed by atoms with Crippen molar-refractivity contribution < 1.29 is 14.7 Å². The molecule has 2 atom stereocenters. The third kappa shape index (κ3) is 2.78. The van der Waals surface area contributed by atoms with E-state index in [4.69, 9.17) is 0 Å². The smallest absolute Gasteiger partial charge is 0.336 e. The van der Waals surface area contributed by atoms with Gasteiger partial charge in [-0.25, -0.2) is 4.79 Å². The molecule has 1 aliphatic rings. The number of nitrogens with zero attached hydrogens (tertiary/aromatic N) is 1.